The van der Waals surface area contributed by atoms with Crippen LogP contribution in [0.1, 0.15) is 18.0 Å². The first-order valence-corrected chi connectivity index (χ1v) is 5.13. The number of methoxy groups -OCH3 is 1. The molecule has 0 aliphatic heterocycles. The summed E-state index contributed by atoms with van der Waals surface area (Å²) in [7, 11) is 1.59. The number of benzene rings is 1. The van der Waals surface area contributed by atoms with Gasteiger partial charge in [0.2, 0.25) is 0 Å². The summed E-state index contributed by atoms with van der Waals surface area (Å²) in [6.07, 6.45) is 0.325. The third-order valence-electron chi connectivity index (χ3n) is 2.02. The van der Waals surface area contributed by atoms with E-state index < -0.39 is 6.67 Å². The van der Waals surface area contributed by atoms with E-state index in [1.165, 1.54) is 0 Å². The highest BCUT2D eigenvalue weighted by molar-refractivity contribution is 9.10. The summed E-state index contributed by atoms with van der Waals surface area (Å²) in [6.45, 7) is -0.412. The zero-order chi connectivity index (χ0) is 10.6. The summed E-state index contributed by atoms with van der Waals surface area (Å²) >= 11 is 3.37. The monoisotopic (exact) mass is 261 g/mol. The molecule has 1 aromatic carbocycles. The number of rotatable bonds is 4. The molecule has 0 saturated heterocycles. The predicted octanol–water partition coefficient (Wildman–Crippen LogP) is 2.82. The van der Waals surface area contributed by atoms with E-state index in [4.69, 9.17) is 10.5 Å². The molecule has 0 radical (unpaired) electrons. The molecular weight excluding hydrogens is 249 g/mol. The van der Waals surface area contributed by atoms with E-state index in [0.29, 0.717) is 6.42 Å². The molecule has 1 rings (SSSR count). The zero-order valence-electron chi connectivity index (χ0n) is 7.97. The quantitative estimate of drug-likeness (QED) is 0.905. The van der Waals surface area contributed by atoms with Crippen molar-refractivity contribution >= 4 is 15.9 Å². The maximum Gasteiger partial charge on any atom is 0.119 e. The highest BCUT2D eigenvalue weighted by Crippen LogP contribution is 2.28. The van der Waals surface area contributed by atoms with Crippen LogP contribution in [0.2, 0.25) is 0 Å². The van der Waals surface area contributed by atoms with Gasteiger partial charge in [-0.25, -0.2) is 0 Å². The van der Waals surface area contributed by atoms with Gasteiger partial charge in [0, 0.05) is 10.5 Å². The minimum absolute atomic E-state index is 0.288. The first kappa shape index (κ1) is 11.5. The van der Waals surface area contributed by atoms with Crippen LogP contribution < -0.4 is 10.5 Å². The number of alkyl halides is 1. The van der Waals surface area contributed by atoms with E-state index in [2.05, 4.69) is 15.9 Å². The highest BCUT2D eigenvalue weighted by atomic mass is 79.9. The van der Waals surface area contributed by atoms with Gasteiger partial charge >= 0.3 is 0 Å². The van der Waals surface area contributed by atoms with Crippen LogP contribution in [0.5, 0.6) is 5.75 Å². The lowest BCUT2D eigenvalue weighted by Gasteiger charge is -2.13. The molecule has 1 aromatic rings. The van der Waals surface area contributed by atoms with Crippen molar-refractivity contribution in [1.82, 2.24) is 0 Å². The Labute approximate surface area is 91.4 Å². The molecule has 0 aliphatic rings. The Morgan fingerprint density at radius 2 is 2.29 bits per heavy atom. The van der Waals surface area contributed by atoms with Gasteiger partial charge < -0.3 is 10.5 Å². The van der Waals surface area contributed by atoms with Gasteiger partial charge in [-0.2, -0.15) is 0 Å². The van der Waals surface area contributed by atoms with Gasteiger partial charge in [0.15, 0.2) is 0 Å². The van der Waals surface area contributed by atoms with E-state index in [1.54, 1.807) is 7.11 Å². The molecular formula is C10H13BrFNO. The van der Waals surface area contributed by atoms with Crippen molar-refractivity contribution in [3.63, 3.8) is 0 Å². The normalized spacial score (nSPS) is 12.6. The standard InChI is InChI=1S/C10H13BrFNO/c1-14-7-2-3-9(11)8(6-7)10(13)4-5-12/h2-3,6,10H,4-5,13H2,1H3/t10-/m0/s1. The highest BCUT2D eigenvalue weighted by Gasteiger charge is 2.10. The van der Waals surface area contributed by atoms with Crippen molar-refractivity contribution in [3.8, 4) is 5.75 Å². The molecule has 2 N–H and O–H groups in total. The topological polar surface area (TPSA) is 35.2 Å². The van der Waals surface area contributed by atoms with Crippen LogP contribution in [0.25, 0.3) is 0 Å². The Hall–Kier alpha value is -0.610. The van der Waals surface area contributed by atoms with E-state index in [1.807, 2.05) is 18.2 Å². The van der Waals surface area contributed by atoms with E-state index >= 15 is 0 Å². The van der Waals surface area contributed by atoms with Crippen molar-refractivity contribution in [3.05, 3.63) is 28.2 Å². The van der Waals surface area contributed by atoms with Crippen LogP contribution in [0.4, 0.5) is 4.39 Å². The van der Waals surface area contributed by atoms with Crippen LogP contribution in [0.3, 0.4) is 0 Å². The number of nitrogens with two attached hydrogens (primary N) is 1. The van der Waals surface area contributed by atoms with Crippen molar-refractivity contribution in [2.75, 3.05) is 13.8 Å². The first-order chi connectivity index (χ1) is 6.69. The summed E-state index contributed by atoms with van der Waals surface area (Å²) in [5, 5.41) is 0. The average molecular weight is 262 g/mol. The molecule has 0 fully saturated rings. The van der Waals surface area contributed by atoms with E-state index in [0.717, 1.165) is 15.8 Å². The molecule has 0 spiro atoms. The minimum Gasteiger partial charge on any atom is -0.497 e. The molecule has 0 aliphatic carbocycles. The molecule has 14 heavy (non-hydrogen) atoms. The van der Waals surface area contributed by atoms with Crippen LogP contribution in [-0.2, 0) is 0 Å². The second kappa shape index (κ2) is 5.32. The Kier molecular flexibility index (Phi) is 4.35. The van der Waals surface area contributed by atoms with E-state index in [-0.39, 0.29) is 6.04 Å². The Bertz CT molecular complexity index is 306. The minimum atomic E-state index is -0.412. The zero-order valence-corrected chi connectivity index (χ0v) is 9.55. The second-order valence-corrected chi connectivity index (χ2v) is 3.83. The van der Waals surface area contributed by atoms with Gasteiger partial charge in [0.05, 0.1) is 13.8 Å². The number of ether oxygens (including phenoxy) is 1. The van der Waals surface area contributed by atoms with Gasteiger partial charge in [-0.05, 0) is 30.2 Å². The molecule has 1 atom stereocenters. The lowest BCUT2D eigenvalue weighted by Crippen LogP contribution is -2.11. The van der Waals surface area contributed by atoms with Crippen molar-refractivity contribution in [2.24, 2.45) is 5.73 Å². The molecule has 0 unspecified atom stereocenters. The van der Waals surface area contributed by atoms with Crippen LogP contribution in [0.15, 0.2) is 22.7 Å². The maximum atomic E-state index is 12.1. The number of halogens is 2. The fourth-order valence-electron chi connectivity index (χ4n) is 1.21. The van der Waals surface area contributed by atoms with Crippen molar-refractivity contribution in [2.45, 2.75) is 12.5 Å². The average Bonchev–Trinajstić information content (AvgIpc) is 2.19. The molecule has 0 amide bonds. The van der Waals surface area contributed by atoms with Gasteiger partial charge in [-0.3, -0.25) is 4.39 Å². The summed E-state index contributed by atoms with van der Waals surface area (Å²) < 4.78 is 18.1. The first-order valence-electron chi connectivity index (χ1n) is 4.34. The van der Waals surface area contributed by atoms with Crippen LogP contribution in [0, 0.1) is 0 Å². The SMILES string of the molecule is COc1ccc(Br)c([C@@H](N)CCF)c1. The summed E-state index contributed by atoms with van der Waals surface area (Å²) in [5.41, 5.74) is 6.68. The number of hydrogen-bond donors (Lipinski definition) is 1. The molecule has 78 valence electrons. The smallest absolute Gasteiger partial charge is 0.119 e. The molecule has 0 bridgehead atoms. The van der Waals surface area contributed by atoms with Crippen LogP contribution in [-0.4, -0.2) is 13.8 Å². The van der Waals surface area contributed by atoms with E-state index in [9.17, 15) is 4.39 Å². The number of hydrogen-bond acceptors (Lipinski definition) is 2. The Morgan fingerprint density at radius 1 is 1.57 bits per heavy atom. The summed E-state index contributed by atoms with van der Waals surface area (Å²) in [5.74, 6) is 0.734. The lowest BCUT2D eigenvalue weighted by molar-refractivity contribution is 0.411. The van der Waals surface area contributed by atoms with Gasteiger partial charge in [0.25, 0.3) is 0 Å². The van der Waals surface area contributed by atoms with Gasteiger partial charge in [-0.15, -0.1) is 0 Å². The molecule has 2 nitrogen and oxygen atoms in total. The summed E-state index contributed by atoms with van der Waals surface area (Å²) in [6, 6.07) is 5.22. The fraction of sp³-hybridized carbons (Fsp3) is 0.400. The van der Waals surface area contributed by atoms with Gasteiger partial charge in [0.1, 0.15) is 5.75 Å². The van der Waals surface area contributed by atoms with Gasteiger partial charge in [-0.1, -0.05) is 15.9 Å². The van der Waals surface area contributed by atoms with Crippen molar-refractivity contribution < 1.29 is 9.13 Å². The fourth-order valence-corrected chi connectivity index (χ4v) is 1.75. The predicted molar refractivity (Wildman–Crippen MR) is 58.2 cm³/mol. The van der Waals surface area contributed by atoms with Crippen molar-refractivity contribution in [1.29, 1.82) is 0 Å². The summed E-state index contributed by atoms with van der Waals surface area (Å²) in [4.78, 5) is 0. The third-order valence-corrected chi connectivity index (χ3v) is 2.74. The van der Waals surface area contributed by atoms with Crippen LogP contribution >= 0.6 is 15.9 Å². The lowest BCUT2D eigenvalue weighted by atomic mass is 10.1. The molecule has 0 heterocycles. The molecule has 0 saturated carbocycles. The Balaban J connectivity index is 2.93. The molecule has 4 heteroatoms. The second-order valence-electron chi connectivity index (χ2n) is 2.97. The molecule has 0 aromatic heterocycles. The maximum absolute atomic E-state index is 12.1. The third kappa shape index (κ3) is 2.69. The largest absolute Gasteiger partial charge is 0.497 e. The Morgan fingerprint density at radius 3 is 2.86 bits per heavy atom.